The lowest BCUT2D eigenvalue weighted by molar-refractivity contribution is 0.178. The fourth-order valence-corrected chi connectivity index (χ4v) is 1.64. The molecule has 0 aliphatic carbocycles. The average molecular weight is 262 g/mol. The van der Waals surface area contributed by atoms with Gasteiger partial charge in [0, 0.05) is 19.7 Å². The second-order valence-corrected chi connectivity index (χ2v) is 3.95. The van der Waals surface area contributed by atoms with E-state index in [0.717, 1.165) is 23.9 Å². The van der Waals surface area contributed by atoms with Gasteiger partial charge in [0.05, 0.1) is 12.8 Å². The molecule has 0 unspecified atom stereocenters. The summed E-state index contributed by atoms with van der Waals surface area (Å²) in [6.07, 6.45) is 1.65. The SMILES string of the molecule is CCNc1cc(NCc2ccco2)nc(COC)n1. The van der Waals surface area contributed by atoms with E-state index in [0.29, 0.717) is 19.0 Å². The molecule has 2 N–H and O–H groups in total. The minimum atomic E-state index is 0.384. The molecule has 2 aromatic rings. The van der Waals surface area contributed by atoms with Gasteiger partial charge >= 0.3 is 0 Å². The fraction of sp³-hybridized carbons (Fsp3) is 0.385. The minimum absolute atomic E-state index is 0.384. The van der Waals surface area contributed by atoms with E-state index in [1.807, 2.05) is 25.1 Å². The first-order valence-electron chi connectivity index (χ1n) is 6.19. The molecule has 6 nitrogen and oxygen atoms in total. The Labute approximate surface area is 112 Å². The summed E-state index contributed by atoms with van der Waals surface area (Å²) in [6, 6.07) is 5.64. The summed E-state index contributed by atoms with van der Waals surface area (Å²) >= 11 is 0. The highest BCUT2D eigenvalue weighted by Gasteiger charge is 2.04. The van der Waals surface area contributed by atoms with Gasteiger partial charge in [0.2, 0.25) is 0 Å². The number of hydrogen-bond donors (Lipinski definition) is 2. The molecule has 0 atom stereocenters. The zero-order chi connectivity index (χ0) is 13.5. The zero-order valence-corrected chi connectivity index (χ0v) is 11.1. The summed E-state index contributed by atoms with van der Waals surface area (Å²) < 4.78 is 10.3. The van der Waals surface area contributed by atoms with Gasteiger partial charge in [-0.15, -0.1) is 0 Å². The van der Waals surface area contributed by atoms with Gasteiger partial charge in [0.1, 0.15) is 24.0 Å². The molecule has 0 aromatic carbocycles. The van der Waals surface area contributed by atoms with Gasteiger partial charge in [-0.05, 0) is 19.1 Å². The summed E-state index contributed by atoms with van der Waals surface area (Å²) in [4.78, 5) is 8.72. The van der Waals surface area contributed by atoms with Crippen molar-refractivity contribution in [1.82, 2.24) is 9.97 Å². The van der Waals surface area contributed by atoms with Crippen molar-refractivity contribution in [3.8, 4) is 0 Å². The Balaban J connectivity index is 2.08. The summed E-state index contributed by atoms with van der Waals surface area (Å²) in [7, 11) is 1.62. The quantitative estimate of drug-likeness (QED) is 0.797. The summed E-state index contributed by atoms with van der Waals surface area (Å²) in [6.45, 7) is 3.80. The molecule has 0 spiro atoms. The van der Waals surface area contributed by atoms with Crippen molar-refractivity contribution >= 4 is 11.6 Å². The standard InChI is InChI=1S/C13H18N4O2/c1-3-14-11-7-12(17-13(16-11)9-18-2)15-8-10-5-4-6-19-10/h4-7H,3,8-9H2,1-2H3,(H2,14,15,16,17). The molecule has 0 radical (unpaired) electrons. The Morgan fingerprint density at radius 1 is 1.26 bits per heavy atom. The van der Waals surface area contributed by atoms with Gasteiger partial charge in [-0.25, -0.2) is 9.97 Å². The van der Waals surface area contributed by atoms with E-state index in [9.17, 15) is 0 Å². The lowest BCUT2D eigenvalue weighted by atomic mass is 10.4. The summed E-state index contributed by atoms with van der Waals surface area (Å²) in [5, 5.41) is 6.37. The largest absolute Gasteiger partial charge is 0.467 e. The molecule has 0 bridgehead atoms. The van der Waals surface area contributed by atoms with E-state index in [1.165, 1.54) is 0 Å². The van der Waals surface area contributed by atoms with Crippen LogP contribution in [0.4, 0.5) is 11.6 Å². The second-order valence-electron chi connectivity index (χ2n) is 3.95. The molecular formula is C13H18N4O2. The number of nitrogens with zero attached hydrogens (tertiary/aromatic N) is 2. The third kappa shape index (κ3) is 3.96. The van der Waals surface area contributed by atoms with Crippen molar-refractivity contribution in [3.05, 3.63) is 36.0 Å². The first kappa shape index (κ1) is 13.4. The van der Waals surface area contributed by atoms with Crippen LogP contribution in [0.15, 0.2) is 28.9 Å². The first-order valence-corrected chi connectivity index (χ1v) is 6.19. The normalized spacial score (nSPS) is 10.4. The van der Waals surface area contributed by atoms with E-state index in [4.69, 9.17) is 9.15 Å². The Kier molecular flexibility index (Phi) is 4.74. The van der Waals surface area contributed by atoms with Crippen molar-refractivity contribution in [1.29, 1.82) is 0 Å². The van der Waals surface area contributed by atoms with Crippen LogP contribution in [0.2, 0.25) is 0 Å². The molecule has 0 fully saturated rings. The number of methoxy groups -OCH3 is 1. The maximum Gasteiger partial charge on any atom is 0.158 e. The molecule has 0 aliphatic rings. The highest BCUT2D eigenvalue weighted by atomic mass is 16.5. The van der Waals surface area contributed by atoms with Crippen LogP contribution < -0.4 is 10.6 Å². The maximum atomic E-state index is 5.26. The summed E-state index contributed by atoms with van der Waals surface area (Å²) in [5.41, 5.74) is 0. The molecule has 2 rings (SSSR count). The number of hydrogen-bond acceptors (Lipinski definition) is 6. The van der Waals surface area contributed by atoms with Gasteiger partial charge < -0.3 is 19.8 Å². The summed E-state index contributed by atoms with van der Waals surface area (Å²) in [5.74, 6) is 3.03. The van der Waals surface area contributed by atoms with Crippen LogP contribution in [-0.4, -0.2) is 23.6 Å². The molecular weight excluding hydrogens is 244 g/mol. The Morgan fingerprint density at radius 2 is 2.05 bits per heavy atom. The minimum Gasteiger partial charge on any atom is -0.467 e. The molecule has 0 saturated heterocycles. The van der Waals surface area contributed by atoms with Crippen LogP contribution in [0, 0.1) is 0 Å². The number of nitrogens with one attached hydrogen (secondary N) is 2. The zero-order valence-electron chi connectivity index (χ0n) is 11.1. The number of ether oxygens (including phenoxy) is 1. The molecule has 0 saturated carbocycles. The second kappa shape index (κ2) is 6.75. The predicted octanol–water partition coefficient (Wildman–Crippen LogP) is 2.26. The van der Waals surface area contributed by atoms with Crippen molar-refractivity contribution in [2.45, 2.75) is 20.1 Å². The third-order valence-electron chi connectivity index (χ3n) is 2.43. The van der Waals surface area contributed by atoms with Crippen LogP contribution in [0.5, 0.6) is 0 Å². The van der Waals surface area contributed by atoms with E-state index in [-0.39, 0.29) is 0 Å². The Bertz CT molecular complexity index is 475. The average Bonchev–Trinajstić information content (AvgIpc) is 2.90. The highest BCUT2D eigenvalue weighted by molar-refractivity contribution is 5.47. The van der Waals surface area contributed by atoms with E-state index < -0.39 is 0 Å². The van der Waals surface area contributed by atoms with Crippen LogP contribution in [0.3, 0.4) is 0 Å². The van der Waals surface area contributed by atoms with Gasteiger partial charge in [-0.3, -0.25) is 0 Å². The number of aromatic nitrogens is 2. The number of anilines is 2. The highest BCUT2D eigenvalue weighted by Crippen LogP contribution is 2.13. The molecule has 19 heavy (non-hydrogen) atoms. The van der Waals surface area contributed by atoms with Gasteiger partial charge in [0.15, 0.2) is 5.82 Å². The fourth-order valence-electron chi connectivity index (χ4n) is 1.64. The molecule has 6 heteroatoms. The van der Waals surface area contributed by atoms with Crippen LogP contribution in [-0.2, 0) is 17.9 Å². The molecule has 0 aliphatic heterocycles. The molecule has 102 valence electrons. The van der Waals surface area contributed by atoms with Crippen molar-refractivity contribution in [2.75, 3.05) is 24.3 Å². The Hall–Kier alpha value is -2.08. The van der Waals surface area contributed by atoms with Crippen molar-refractivity contribution in [3.63, 3.8) is 0 Å². The van der Waals surface area contributed by atoms with Crippen LogP contribution in [0.1, 0.15) is 18.5 Å². The van der Waals surface area contributed by atoms with Gasteiger partial charge in [-0.2, -0.15) is 0 Å². The van der Waals surface area contributed by atoms with Gasteiger partial charge in [-0.1, -0.05) is 0 Å². The predicted molar refractivity (Wildman–Crippen MR) is 72.9 cm³/mol. The van der Waals surface area contributed by atoms with Crippen LogP contribution in [0.25, 0.3) is 0 Å². The first-order chi connectivity index (χ1) is 9.31. The smallest absolute Gasteiger partial charge is 0.158 e. The lowest BCUT2D eigenvalue weighted by Crippen LogP contribution is -2.08. The van der Waals surface area contributed by atoms with E-state index >= 15 is 0 Å². The van der Waals surface area contributed by atoms with Crippen LogP contribution >= 0.6 is 0 Å². The lowest BCUT2D eigenvalue weighted by Gasteiger charge is -2.09. The monoisotopic (exact) mass is 262 g/mol. The van der Waals surface area contributed by atoms with E-state index in [1.54, 1.807) is 13.4 Å². The molecule has 0 amide bonds. The van der Waals surface area contributed by atoms with Crippen molar-refractivity contribution < 1.29 is 9.15 Å². The molecule has 2 heterocycles. The topological polar surface area (TPSA) is 72.2 Å². The van der Waals surface area contributed by atoms with Crippen molar-refractivity contribution in [2.24, 2.45) is 0 Å². The maximum absolute atomic E-state index is 5.26. The Morgan fingerprint density at radius 3 is 2.68 bits per heavy atom. The van der Waals surface area contributed by atoms with E-state index in [2.05, 4.69) is 20.6 Å². The third-order valence-corrected chi connectivity index (χ3v) is 2.43. The van der Waals surface area contributed by atoms with Gasteiger partial charge in [0.25, 0.3) is 0 Å². The number of furan rings is 1. The molecule has 2 aromatic heterocycles. The number of rotatable bonds is 7.